The van der Waals surface area contributed by atoms with Gasteiger partial charge in [0.1, 0.15) is 5.82 Å². The smallest absolute Gasteiger partial charge is 0.337 e. The normalized spacial score (nSPS) is 10.0. The standard InChI is InChI=1S/C14H10ClFN2O3/c15-11-6-2-5-10(13(19)20)12(11)18-14(21)17-9-4-1-3-8(16)7-9/h1-7H,(H,19,20)(H2,17,18,21). The summed E-state index contributed by atoms with van der Waals surface area (Å²) in [7, 11) is 0. The number of carboxylic acids is 1. The van der Waals surface area contributed by atoms with Gasteiger partial charge in [0, 0.05) is 5.69 Å². The average Bonchev–Trinajstić information content (AvgIpc) is 2.40. The Bertz CT molecular complexity index is 706. The third kappa shape index (κ3) is 3.70. The molecule has 0 aliphatic heterocycles. The molecule has 0 aliphatic rings. The molecule has 2 amide bonds. The summed E-state index contributed by atoms with van der Waals surface area (Å²) in [5.74, 6) is -1.73. The van der Waals surface area contributed by atoms with Crippen LogP contribution in [0.2, 0.25) is 5.02 Å². The molecule has 0 aromatic heterocycles. The molecule has 0 fully saturated rings. The molecule has 2 rings (SSSR count). The molecule has 5 nitrogen and oxygen atoms in total. The predicted octanol–water partition coefficient (Wildman–Crippen LogP) is 3.82. The number of carboxylic acid groups (broad SMARTS) is 1. The van der Waals surface area contributed by atoms with E-state index in [0.29, 0.717) is 0 Å². The molecule has 0 saturated heterocycles. The van der Waals surface area contributed by atoms with E-state index in [0.717, 1.165) is 6.07 Å². The van der Waals surface area contributed by atoms with Crippen LogP contribution in [0.15, 0.2) is 42.5 Å². The fraction of sp³-hybridized carbons (Fsp3) is 0. The first-order valence-corrected chi connectivity index (χ1v) is 6.20. The highest BCUT2D eigenvalue weighted by Gasteiger charge is 2.15. The average molecular weight is 309 g/mol. The molecular weight excluding hydrogens is 299 g/mol. The second kappa shape index (κ2) is 6.23. The van der Waals surface area contributed by atoms with Crippen molar-refractivity contribution in [2.75, 3.05) is 10.6 Å². The number of urea groups is 1. The number of rotatable bonds is 3. The largest absolute Gasteiger partial charge is 0.478 e. The van der Waals surface area contributed by atoms with Gasteiger partial charge in [0.15, 0.2) is 0 Å². The van der Waals surface area contributed by atoms with Crippen LogP contribution < -0.4 is 10.6 Å². The molecule has 0 bridgehead atoms. The maximum Gasteiger partial charge on any atom is 0.337 e. The molecule has 0 unspecified atom stereocenters. The number of hydrogen-bond acceptors (Lipinski definition) is 2. The SMILES string of the molecule is O=C(Nc1cccc(F)c1)Nc1c(Cl)cccc1C(=O)O. The molecule has 0 radical (unpaired) electrons. The first-order valence-electron chi connectivity index (χ1n) is 5.83. The molecule has 7 heteroatoms. The Labute approximate surface area is 124 Å². The molecule has 0 heterocycles. The maximum atomic E-state index is 13.0. The Morgan fingerprint density at radius 1 is 1.10 bits per heavy atom. The summed E-state index contributed by atoms with van der Waals surface area (Å²) < 4.78 is 13.0. The van der Waals surface area contributed by atoms with Crippen molar-refractivity contribution in [3.63, 3.8) is 0 Å². The summed E-state index contributed by atoms with van der Waals surface area (Å²) in [5.41, 5.74) is 0.0638. The number of para-hydroxylation sites is 1. The summed E-state index contributed by atoms with van der Waals surface area (Å²) in [5, 5.41) is 13.9. The lowest BCUT2D eigenvalue weighted by Gasteiger charge is -2.11. The molecule has 0 spiro atoms. The lowest BCUT2D eigenvalue weighted by Crippen LogP contribution is -2.21. The Kier molecular flexibility index (Phi) is 4.39. The highest BCUT2D eigenvalue weighted by molar-refractivity contribution is 6.34. The third-order valence-electron chi connectivity index (χ3n) is 2.57. The van der Waals surface area contributed by atoms with Crippen molar-refractivity contribution < 1.29 is 19.1 Å². The number of benzene rings is 2. The minimum Gasteiger partial charge on any atom is -0.478 e. The first-order chi connectivity index (χ1) is 9.97. The van der Waals surface area contributed by atoms with Gasteiger partial charge in [-0.1, -0.05) is 23.7 Å². The zero-order valence-corrected chi connectivity index (χ0v) is 11.3. The van der Waals surface area contributed by atoms with E-state index in [4.69, 9.17) is 16.7 Å². The van der Waals surface area contributed by atoms with Crippen LogP contribution in [0.3, 0.4) is 0 Å². The summed E-state index contributed by atoms with van der Waals surface area (Å²) >= 11 is 5.88. The molecule has 0 aliphatic carbocycles. The zero-order valence-electron chi connectivity index (χ0n) is 10.6. The van der Waals surface area contributed by atoms with Crippen molar-refractivity contribution in [3.05, 3.63) is 58.9 Å². The molecule has 0 saturated carbocycles. The van der Waals surface area contributed by atoms with E-state index in [2.05, 4.69) is 10.6 Å². The van der Waals surface area contributed by atoms with Gasteiger partial charge in [0.2, 0.25) is 0 Å². The number of amides is 2. The number of aromatic carboxylic acids is 1. The van der Waals surface area contributed by atoms with Gasteiger partial charge in [-0.05, 0) is 30.3 Å². The number of halogens is 2. The molecule has 21 heavy (non-hydrogen) atoms. The number of anilines is 2. The van der Waals surface area contributed by atoms with Crippen molar-refractivity contribution in [2.24, 2.45) is 0 Å². The fourth-order valence-electron chi connectivity index (χ4n) is 1.67. The van der Waals surface area contributed by atoms with Crippen molar-refractivity contribution in [2.45, 2.75) is 0 Å². The van der Waals surface area contributed by atoms with Crippen LogP contribution in [0.1, 0.15) is 10.4 Å². The van der Waals surface area contributed by atoms with Gasteiger partial charge < -0.3 is 15.7 Å². The van der Waals surface area contributed by atoms with Gasteiger partial charge >= 0.3 is 12.0 Å². The van der Waals surface area contributed by atoms with E-state index < -0.39 is 17.8 Å². The Morgan fingerprint density at radius 3 is 2.48 bits per heavy atom. The van der Waals surface area contributed by atoms with Crippen LogP contribution >= 0.6 is 11.6 Å². The van der Waals surface area contributed by atoms with Gasteiger partial charge in [0.05, 0.1) is 16.3 Å². The predicted molar refractivity (Wildman–Crippen MR) is 77.5 cm³/mol. The van der Waals surface area contributed by atoms with Crippen molar-refractivity contribution in [1.82, 2.24) is 0 Å². The summed E-state index contributed by atoms with van der Waals surface area (Å²) in [6.07, 6.45) is 0. The van der Waals surface area contributed by atoms with Crippen molar-refractivity contribution in [1.29, 1.82) is 0 Å². The monoisotopic (exact) mass is 308 g/mol. The minimum absolute atomic E-state index is 0.0273. The van der Waals surface area contributed by atoms with E-state index in [1.165, 1.54) is 36.4 Å². The highest BCUT2D eigenvalue weighted by Crippen LogP contribution is 2.26. The Morgan fingerprint density at radius 2 is 1.81 bits per heavy atom. The van der Waals surface area contributed by atoms with E-state index >= 15 is 0 Å². The van der Waals surface area contributed by atoms with Crippen LogP contribution in [0.25, 0.3) is 0 Å². The molecule has 0 atom stereocenters. The minimum atomic E-state index is -1.22. The Balaban J connectivity index is 2.18. The van der Waals surface area contributed by atoms with E-state index in [1.54, 1.807) is 0 Å². The van der Waals surface area contributed by atoms with Gasteiger partial charge in [-0.3, -0.25) is 0 Å². The maximum absolute atomic E-state index is 13.0. The van der Waals surface area contributed by atoms with E-state index in [-0.39, 0.29) is 22.0 Å². The van der Waals surface area contributed by atoms with E-state index in [1.807, 2.05) is 0 Å². The van der Waals surface area contributed by atoms with Gasteiger partial charge in [-0.2, -0.15) is 0 Å². The zero-order chi connectivity index (χ0) is 15.4. The molecule has 2 aromatic rings. The number of carbonyl (C=O) groups excluding carboxylic acids is 1. The van der Waals surface area contributed by atoms with Gasteiger partial charge in [0.25, 0.3) is 0 Å². The van der Waals surface area contributed by atoms with Crippen LogP contribution in [0, 0.1) is 5.82 Å². The van der Waals surface area contributed by atoms with Crippen molar-refractivity contribution in [3.8, 4) is 0 Å². The summed E-state index contributed by atoms with van der Waals surface area (Å²) in [6.45, 7) is 0. The Hall–Kier alpha value is -2.60. The van der Waals surface area contributed by atoms with Crippen LogP contribution in [0.4, 0.5) is 20.6 Å². The number of nitrogens with one attached hydrogen (secondary N) is 2. The van der Waals surface area contributed by atoms with Crippen LogP contribution in [0.5, 0.6) is 0 Å². The summed E-state index contributed by atoms with van der Waals surface area (Å²) in [6, 6.07) is 8.79. The topological polar surface area (TPSA) is 78.4 Å². The molecule has 108 valence electrons. The van der Waals surface area contributed by atoms with Crippen molar-refractivity contribution >= 4 is 35.0 Å². The lowest BCUT2D eigenvalue weighted by atomic mass is 10.2. The fourth-order valence-corrected chi connectivity index (χ4v) is 1.89. The molecule has 2 aromatic carbocycles. The van der Waals surface area contributed by atoms with E-state index in [9.17, 15) is 14.0 Å². The number of carbonyl (C=O) groups is 2. The van der Waals surface area contributed by atoms with Crippen LogP contribution in [-0.4, -0.2) is 17.1 Å². The van der Waals surface area contributed by atoms with Gasteiger partial charge in [-0.15, -0.1) is 0 Å². The quantitative estimate of drug-likeness (QED) is 0.806. The highest BCUT2D eigenvalue weighted by atomic mass is 35.5. The third-order valence-corrected chi connectivity index (χ3v) is 2.88. The first kappa shape index (κ1) is 14.8. The second-order valence-corrected chi connectivity index (χ2v) is 4.46. The molecule has 3 N–H and O–H groups in total. The molecular formula is C14H10ClFN2O3. The van der Waals surface area contributed by atoms with Gasteiger partial charge in [-0.25, -0.2) is 14.0 Å². The lowest BCUT2D eigenvalue weighted by molar-refractivity contribution is 0.0698. The van der Waals surface area contributed by atoms with Crippen LogP contribution in [-0.2, 0) is 0 Å². The second-order valence-electron chi connectivity index (χ2n) is 4.06. The summed E-state index contributed by atoms with van der Waals surface area (Å²) in [4.78, 5) is 22.9. The number of hydrogen-bond donors (Lipinski definition) is 3.